The van der Waals surface area contributed by atoms with Crippen molar-refractivity contribution in [3.05, 3.63) is 65.7 Å². The van der Waals surface area contributed by atoms with Crippen molar-refractivity contribution >= 4 is 23.1 Å². The van der Waals surface area contributed by atoms with Crippen LogP contribution in [0.4, 0.5) is 0 Å². The van der Waals surface area contributed by atoms with Gasteiger partial charge >= 0.3 is 23.1 Å². The van der Waals surface area contributed by atoms with Crippen LogP contribution < -0.4 is 0 Å². The molecule has 0 aliphatic rings. The molecule has 2 aromatic carbocycles. The minimum absolute atomic E-state index is 0. The van der Waals surface area contributed by atoms with E-state index >= 15 is 0 Å². The normalized spacial score (nSPS) is 9.33. The summed E-state index contributed by atoms with van der Waals surface area (Å²) in [6.07, 6.45) is 0.918. The summed E-state index contributed by atoms with van der Waals surface area (Å²) < 4.78 is 0. The summed E-state index contributed by atoms with van der Waals surface area (Å²) in [5, 5.41) is 9.12. The third-order valence-corrected chi connectivity index (χ3v) is 2.19. The van der Waals surface area contributed by atoms with E-state index in [1.54, 1.807) is 12.1 Å². The van der Waals surface area contributed by atoms with Gasteiger partial charge in [0.25, 0.3) is 0 Å². The minimum atomic E-state index is 0. The molecule has 0 saturated carbocycles. The van der Waals surface area contributed by atoms with Crippen molar-refractivity contribution in [3.63, 3.8) is 0 Å². The number of rotatable bonds is 2. The Morgan fingerprint density at radius 3 is 1.93 bits per heavy atom. The minimum Gasteiger partial charge on any atom is -1.00 e. The van der Waals surface area contributed by atoms with Crippen molar-refractivity contribution in [2.45, 2.75) is 6.42 Å². The van der Waals surface area contributed by atoms with Crippen LogP contribution in [-0.4, -0.2) is 28.2 Å². The Balaban J connectivity index is 0. The molecule has 0 aromatic heterocycles. The second-order valence-corrected chi connectivity index (χ2v) is 3.33. The molecule has 0 radical (unpaired) electrons. The number of benzene rings is 2. The number of phenolic OH excluding ortho intramolecular Hbond substituents is 1. The third kappa shape index (κ3) is 3.57. The largest absolute Gasteiger partial charge is 2.00 e. The van der Waals surface area contributed by atoms with Crippen LogP contribution in [0.15, 0.2) is 54.6 Å². The summed E-state index contributed by atoms with van der Waals surface area (Å²) in [6, 6.07) is 17.6. The molecule has 0 spiro atoms. The fourth-order valence-electron chi connectivity index (χ4n) is 1.45. The van der Waals surface area contributed by atoms with E-state index in [1.807, 2.05) is 30.3 Å². The summed E-state index contributed by atoms with van der Waals surface area (Å²) in [7, 11) is 0. The Morgan fingerprint density at radius 2 is 1.33 bits per heavy atom. The smallest absolute Gasteiger partial charge is 1.00 e. The summed E-state index contributed by atoms with van der Waals surface area (Å²) in [4.78, 5) is 0. The molecule has 0 aliphatic heterocycles. The van der Waals surface area contributed by atoms with Crippen LogP contribution in [0.2, 0.25) is 0 Å². The Morgan fingerprint density at radius 1 is 0.800 bits per heavy atom. The molecule has 0 atom stereocenters. The first kappa shape index (κ1) is 12.1. The van der Waals surface area contributed by atoms with Gasteiger partial charge in [-0.2, -0.15) is 0 Å². The molecule has 0 amide bonds. The van der Waals surface area contributed by atoms with Crippen molar-refractivity contribution in [1.82, 2.24) is 0 Å². The first-order valence-electron chi connectivity index (χ1n) is 4.66. The van der Waals surface area contributed by atoms with E-state index in [9.17, 15) is 0 Å². The van der Waals surface area contributed by atoms with Gasteiger partial charge in [0.1, 0.15) is 5.75 Å². The topological polar surface area (TPSA) is 20.2 Å². The van der Waals surface area contributed by atoms with E-state index in [0.29, 0.717) is 5.75 Å². The molecule has 74 valence electrons. The van der Waals surface area contributed by atoms with Crippen LogP contribution in [0.3, 0.4) is 0 Å². The van der Waals surface area contributed by atoms with Gasteiger partial charge in [0.05, 0.1) is 0 Å². The second-order valence-electron chi connectivity index (χ2n) is 3.33. The van der Waals surface area contributed by atoms with E-state index in [0.717, 1.165) is 6.42 Å². The summed E-state index contributed by atoms with van der Waals surface area (Å²) in [5.41, 5.74) is 2.51. The van der Waals surface area contributed by atoms with Crippen LogP contribution in [0.1, 0.15) is 14.0 Å². The van der Waals surface area contributed by atoms with Crippen molar-refractivity contribution in [2.75, 3.05) is 0 Å². The van der Waals surface area contributed by atoms with Gasteiger partial charge in [0.15, 0.2) is 0 Å². The van der Waals surface area contributed by atoms with Crippen LogP contribution in [0.5, 0.6) is 5.75 Å². The van der Waals surface area contributed by atoms with E-state index in [2.05, 4.69) is 12.1 Å². The standard InChI is InChI=1S/C13H12O.Mg.2H/c14-13-8-6-12(7-9-13)10-11-4-2-1-3-5-11;;;/h1-9,14H,10H2;;;/q;+2;2*-1. The summed E-state index contributed by atoms with van der Waals surface area (Å²) >= 11 is 0. The maximum absolute atomic E-state index is 9.12. The molecule has 0 bridgehead atoms. The molecule has 0 saturated heterocycles. The van der Waals surface area contributed by atoms with Crippen LogP contribution in [0, 0.1) is 0 Å². The average molecular weight is 211 g/mol. The molecule has 2 aromatic rings. The molecule has 0 heterocycles. The van der Waals surface area contributed by atoms with E-state index in [4.69, 9.17) is 5.11 Å². The number of hydrogen-bond donors (Lipinski definition) is 1. The van der Waals surface area contributed by atoms with Gasteiger partial charge in [-0.3, -0.25) is 0 Å². The predicted molar refractivity (Wildman–Crippen MR) is 65.3 cm³/mol. The maximum atomic E-state index is 9.12. The average Bonchev–Trinajstić information content (AvgIpc) is 2.23. The van der Waals surface area contributed by atoms with Crippen molar-refractivity contribution in [3.8, 4) is 5.75 Å². The van der Waals surface area contributed by atoms with Gasteiger partial charge in [0, 0.05) is 0 Å². The van der Waals surface area contributed by atoms with Gasteiger partial charge in [-0.1, -0.05) is 42.5 Å². The zero-order valence-electron chi connectivity index (χ0n) is 10.6. The number of aromatic hydroxyl groups is 1. The van der Waals surface area contributed by atoms with Crippen molar-refractivity contribution in [1.29, 1.82) is 0 Å². The Labute approximate surface area is 109 Å². The first-order chi connectivity index (χ1) is 6.84. The first-order valence-corrected chi connectivity index (χ1v) is 4.66. The fraction of sp³-hybridized carbons (Fsp3) is 0.0769. The Kier molecular flexibility index (Phi) is 4.66. The molecule has 15 heavy (non-hydrogen) atoms. The molecule has 2 heteroatoms. The quantitative estimate of drug-likeness (QED) is 0.756. The SMILES string of the molecule is Oc1ccc(Cc2ccccc2)cc1.[H-].[H-].[Mg+2]. The zero-order valence-corrected chi connectivity index (χ0v) is 9.97. The molecule has 1 nitrogen and oxygen atoms in total. The van der Waals surface area contributed by atoms with Crippen LogP contribution >= 0.6 is 0 Å². The Hall–Kier alpha value is -0.994. The van der Waals surface area contributed by atoms with E-state index in [-0.39, 0.29) is 25.9 Å². The molecule has 2 rings (SSSR count). The van der Waals surface area contributed by atoms with Gasteiger partial charge < -0.3 is 7.96 Å². The molecule has 0 unspecified atom stereocenters. The van der Waals surface area contributed by atoms with E-state index in [1.165, 1.54) is 11.1 Å². The van der Waals surface area contributed by atoms with Crippen LogP contribution in [-0.2, 0) is 6.42 Å². The van der Waals surface area contributed by atoms with E-state index < -0.39 is 0 Å². The maximum Gasteiger partial charge on any atom is 2.00 e. The number of phenols is 1. The van der Waals surface area contributed by atoms with Crippen molar-refractivity contribution in [2.24, 2.45) is 0 Å². The predicted octanol–water partition coefficient (Wildman–Crippen LogP) is 2.83. The van der Waals surface area contributed by atoms with Crippen LogP contribution in [0.25, 0.3) is 0 Å². The molecular weight excluding hydrogens is 196 g/mol. The van der Waals surface area contributed by atoms with Gasteiger partial charge in [-0.15, -0.1) is 0 Å². The third-order valence-electron chi connectivity index (χ3n) is 2.19. The summed E-state index contributed by atoms with van der Waals surface area (Å²) in [6.45, 7) is 0. The zero-order chi connectivity index (χ0) is 9.80. The number of hydrogen-bond acceptors (Lipinski definition) is 1. The summed E-state index contributed by atoms with van der Waals surface area (Å²) in [5.74, 6) is 0.321. The van der Waals surface area contributed by atoms with Gasteiger partial charge in [-0.05, 0) is 29.7 Å². The fourth-order valence-corrected chi connectivity index (χ4v) is 1.45. The molecule has 0 aliphatic carbocycles. The monoisotopic (exact) mass is 210 g/mol. The second kappa shape index (κ2) is 5.78. The molecule has 1 N–H and O–H groups in total. The Bertz CT molecular complexity index is 404. The van der Waals surface area contributed by atoms with Crippen molar-refractivity contribution < 1.29 is 7.96 Å². The van der Waals surface area contributed by atoms with Gasteiger partial charge in [-0.25, -0.2) is 0 Å². The molecule has 0 fully saturated rings. The van der Waals surface area contributed by atoms with Gasteiger partial charge in [0.2, 0.25) is 0 Å². The molecular formula is C13H14MgO.